The van der Waals surface area contributed by atoms with E-state index in [0.29, 0.717) is 0 Å². The molecule has 2 N–H and O–H groups in total. The highest BCUT2D eigenvalue weighted by atomic mass is 14.6. The van der Waals surface area contributed by atoms with Gasteiger partial charge < -0.3 is 5.73 Å². The van der Waals surface area contributed by atoms with Gasteiger partial charge in [0.15, 0.2) is 0 Å². The number of rotatable bonds is 2. The van der Waals surface area contributed by atoms with E-state index in [1.54, 1.807) is 0 Å². The van der Waals surface area contributed by atoms with Crippen molar-refractivity contribution in [2.75, 3.05) is 6.54 Å². The molecule has 0 spiro atoms. The van der Waals surface area contributed by atoms with Crippen LogP contribution in [0.5, 0.6) is 0 Å². The van der Waals surface area contributed by atoms with Crippen LogP contribution in [-0.4, -0.2) is 6.54 Å². The summed E-state index contributed by atoms with van der Waals surface area (Å²) in [6.07, 6.45) is 5.72. The number of hydrogen-bond acceptors (Lipinski definition) is 1. The van der Waals surface area contributed by atoms with E-state index in [4.69, 9.17) is 5.73 Å². The lowest BCUT2D eigenvalue weighted by Gasteiger charge is -2.48. The molecule has 86 valence electrons. The Labute approximate surface area is 98.0 Å². The summed E-state index contributed by atoms with van der Waals surface area (Å²) in [5.74, 6) is 3.30. The predicted octanol–water partition coefficient (Wildman–Crippen LogP) is 3.17. The largest absolute Gasteiger partial charge is 0.330 e. The zero-order valence-corrected chi connectivity index (χ0v) is 9.81. The third-order valence-electron chi connectivity index (χ3n) is 4.85. The van der Waals surface area contributed by atoms with Crippen molar-refractivity contribution in [3.8, 4) is 0 Å². The second-order valence-electron chi connectivity index (χ2n) is 5.51. The van der Waals surface area contributed by atoms with Crippen molar-refractivity contribution in [2.45, 2.75) is 31.6 Å². The molecule has 3 aliphatic rings. The lowest BCUT2D eigenvalue weighted by atomic mass is 9.57. The van der Waals surface area contributed by atoms with Gasteiger partial charge in [-0.3, -0.25) is 0 Å². The average Bonchev–Trinajstić information content (AvgIpc) is 2.40. The smallest absolute Gasteiger partial charge is 0.00403 e. The molecule has 0 saturated heterocycles. The third-order valence-corrected chi connectivity index (χ3v) is 4.85. The fourth-order valence-electron chi connectivity index (χ4n) is 4.11. The van der Waals surface area contributed by atoms with Gasteiger partial charge in [-0.15, -0.1) is 0 Å². The van der Waals surface area contributed by atoms with Crippen LogP contribution in [0.1, 0.15) is 37.2 Å². The van der Waals surface area contributed by atoms with E-state index in [-0.39, 0.29) is 0 Å². The van der Waals surface area contributed by atoms with Crippen LogP contribution in [0.4, 0.5) is 0 Å². The lowest BCUT2D eigenvalue weighted by molar-refractivity contribution is 0.0731. The zero-order valence-electron chi connectivity index (χ0n) is 9.81. The minimum Gasteiger partial charge on any atom is -0.330 e. The van der Waals surface area contributed by atoms with Crippen molar-refractivity contribution in [1.82, 2.24) is 0 Å². The maximum absolute atomic E-state index is 6.02. The third kappa shape index (κ3) is 1.58. The summed E-state index contributed by atoms with van der Waals surface area (Å²) >= 11 is 0. The monoisotopic (exact) mass is 215 g/mol. The summed E-state index contributed by atoms with van der Waals surface area (Å²) in [5.41, 5.74) is 7.55. The van der Waals surface area contributed by atoms with Crippen molar-refractivity contribution in [3.63, 3.8) is 0 Å². The molecule has 0 heterocycles. The maximum Gasteiger partial charge on any atom is -0.00403 e. The summed E-state index contributed by atoms with van der Waals surface area (Å²) in [7, 11) is 0. The molecule has 2 bridgehead atoms. The van der Waals surface area contributed by atoms with Crippen LogP contribution < -0.4 is 5.73 Å². The van der Waals surface area contributed by atoms with E-state index in [2.05, 4.69) is 30.3 Å². The van der Waals surface area contributed by atoms with Gasteiger partial charge in [0, 0.05) is 0 Å². The highest BCUT2D eigenvalue weighted by Gasteiger charge is 2.43. The van der Waals surface area contributed by atoms with Gasteiger partial charge in [-0.25, -0.2) is 0 Å². The van der Waals surface area contributed by atoms with Gasteiger partial charge in [0.2, 0.25) is 0 Å². The molecule has 3 saturated carbocycles. The molecule has 3 fully saturated rings. The average molecular weight is 215 g/mol. The molecule has 4 rings (SSSR count). The molecule has 0 unspecified atom stereocenters. The second kappa shape index (κ2) is 4.21. The normalized spacial score (nSPS) is 37.6. The molecule has 0 radical (unpaired) electrons. The van der Waals surface area contributed by atoms with Crippen LogP contribution >= 0.6 is 0 Å². The first-order valence-electron chi connectivity index (χ1n) is 6.65. The van der Waals surface area contributed by atoms with Crippen molar-refractivity contribution in [3.05, 3.63) is 35.9 Å². The first-order valence-corrected chi connectivity index (χ1v) is 6.65. The molecule has 3 aliphatic carbocycles. The van der Waals surface area contributed by atoms with E-state index in [9.17, 15) is 0 Å². The SMILES string of the molecule is NC[C@H]1C2CCC(CC2)[C@@H]1c1ccccc1. The zero-order chi connectivity index (χ0) is 11.0. The summed E-state index contributed by atoms with van der Waals surface area (Å²) in [4.78, 5) is 0. The van der Waals surface area contributed by atoms with Gasteiger partial charge in [-0.05, 0) is 61.5 Å². The van der Waals surface area contributed by atoms with Gasteiger partial charge in [0.1, 0.15) is 0 Å². The fraction of sp³-hybridized carbons (Fsp3) is 0.600. The van der Waals surface area contributed by atoms with Gasteiger partial charge in [-0.1, -0.05) is 30.3 Å². The van der Waals surface area contributed by atoms with E-state index in [0.717, 1.165) is 30.2 Å². The Morgan fingerprint density at radius 1 is 0.938 bits per heavy atom. The topological polar surface area (TPSA) is 26.0 Å². The quantitative estimate of drug-likeness (QED) is 0.805. The van der Waals surface area contributed by atoms with E-state index < -0.39 is 0 Å². The van der Waals surface area contributed by atoms with Crippen molar-refractivity contribution in [2.24, 2.45) is 23.5 Å². The molecule has 0 aromatic heterocycles. The van der Waals surface area contributed by atoms with Crippen LogP contribution in [0.15, 0.2) is 30.3 Å². The number of nitrogens with two attached hydrogens (primary N) is 1. The van der Waals surface area contributed by atoms with Crippen LogP contribution in [0.3, 0.4) is 0 Å². The minimum atomic E-state index is 0.745. The van der Waals surface area contributed by atoms with Gasteiger partial charge in [0.05, 0.1) is 0 Å². The first kappa shape index (κ1) is 10.3. The molecule has 0 aliphatic heterocycles. The Hall–Kier alpha value is -0.820. The van der Waals surface area contributed by atoms with Crippen LogP contribution in [-0.2, 0) is 0 Å². The summed E-state index contributed by atoms with van der Waals surface area (Å²) in [6, 6.07) is 11.1. The predicted molar refractivity (Wildman–Crippen MR) is 67.2 cm³/mol. The van der Waals surface area contributed by atoms with Crippen molar-refractivity contribution >= 4 is 0 Å². The lowest BCUT2D eigenvalue weighted by Crippen LogP contribution is -2.42. The molecule has 1 nitrogen and oxygen atoms in total. The van der Waals surface area contributed by atoms with Crippen molar-refractivity contribution in [1.29, 1.82) is 0 Å². The number of hydrogen-bond donors (Lipinski definition) is 1. The minimum absolute atomic E-state index is 0.745. The molecular formula is C15H21N. The molecule has 1 aromatic rings. The molecule has 2 atom stereocenters. The standard InChI is InChI=1S/C15H21N/c16-10-14-11-6-8-13(9-7-11)15(14)12-4-2-1-3-5-12/h1-5,11,13-15H,6-10,16H2/t11?,13?,14-,15-/m0/s1. The van der Waals surface area contributed by atoms with Gasteiger partial charge in [0.25, 0.3) is 0 Å². The summed E-state index contributed by atoms with van der Waals surface area (Å²) in [5, 5.41) is 0. The van der Waals surface area contributed by atoms with Crippen LogP contribution in [0.2, 0.25) is 0 Å². The van der Waals surface area contributed by atoms with Crippen LogP contribution in [0, 0.1) is 17.8 Å². The van der Waals surface area contributed by atoms with Crippen LogP contribution in [0.25, 0.3) is 0 Å². The highest BCUT2D eigenvalue weighted by molar-refractivity contribution is 5.23. The number of fused-ring (bicyclic) bond motifs is 3. The van der Waals surface area contributed by atoms with Gasteiger partial charge in [-0.2, -0.15) is 0 Å². The molecule has 16 heavy (non-hydrogen) atoms. The molecule has 0 amide bonds. The van der Waals surface area contributed by atoms with E-state index in [1.807, 2.05) is 0 Å². The summed E-state index contributed by atoms with van der Waals surface area (Å²) in [6.45, 7) is 0.876. The fourth-order valence-corrected chi connectivity index (χ4v) is 4.11. The molecule has 1 heteroatoms. The van der Waals surface area contributed by atoms with E-state index >= 15 is 0 Å². The summed E-state index contributed by atoms with van der Waals surface area (Å²) < 4.78 is 0. The Kier molecular flexibility index (Phi) is 2.72. The second-order valence-corrected chi connectivity index (χ2v) is 5.51. The molecular weight excluding hydrogens is 194 g/mol. The van der Waals surface area contributed by atoms with E-state index in [1.165, 1.54) is 31.2 Å². The number of benzene rings is 1. The Morgan fingerprint density at radius 3 is 2.19 bits per heavy atom. The highest BCUT2D eigenvalue weighted by Crippen LogP contribution is 2.52. The molecule has 1 aromatic carbocycles. The van der Waals surface area contributed by atoms with Crippen molar-refractivity contribution < 1.29 is 0 Å². The van der Waals surface area contributed by atoms with Gasteiger partial charge >= 0.3 is 0 Å². The first-order chi connectivity index (χ1) is 7.90. The Bertz CT molecular complexity index is 338. The Morgan fingerprint density at radius 2 is 1.56 bits per heavy atom. The Balaban J connectivity index is 1.93. The maximum atomic E-state index is 6.02.